The van der Waals surface area contributed by atoms with Crippen molar-refractivity contribution in [3.63, 3.8) is 0 Å². The highest BCUT2D eigenvalue weighted by Gasteiger charge is 2.22. The molecule has 0 aliphatic heterocycles. The maximum Gasteiger partial charge on any atom is 0.326 e. The number of imidazole rings is 1. The van der Waals surface area contributed by atoms with E-state index in [1.807, 2.05) is 81.4 Å². The molecule has 0 aliphatic carbocycles. The van der Waals surface area contributed by atoms with Crippen LogP contribution < -0.4 is 20.5 Å². The minimum Gasteiger partial charge on any atom is -0.483 e. The Bertz CT molecular complexity index is 2070. The van der Waals surface area contributed by atoms with E-state index in [-0.39, 0.29) is 18.3 Å². The van der Waals surface area contributed by atoms with Gasteiger partial charge in [-0.3, -0.25) is 4.79 Å². The van der Waals surface area contributed by atoms with E-state index >= 15 is 0 Å². The van der Waals surface area contributed by atoms with Crippen LogP contribution in [0.1, 0.15) is 51.5 Å². The summed E-state index contributed by atoms with van der Waals surface area (Å²) in [4.78, 5) is 33.4. The molecule has 0 aliphatic rings. The Kier molecular flexibility index (Phi) is 9.11. The monoisotopic (exact) mass is 640 g/mol. The first-order valence-corrected chi connectivity index (χ1v) is 15.6. The topological polar surface area (TPSA) is 140 Å². The maximum absolute atomic E-state index is 13.2. The van der Waals surface area contributed by atoms with E-state index in [1.54, 1.807) is 48.5 Å². The summed E-state index contributed by atoms with van der Waals surface area (Å²) in [5, 5.41) is 13.1. The van der Waals surface area contributed by atoms with Crippen LogP contribution in [0.2, 0.25) is 0 Å². The Morgan fingerprint density at radius 3 is 2.23 bits per heavy atom. The van der Waals surface area contributed by atoms with Crippen molar-refractivity contribution in [3.05, 3.63) is 143 Å². The van der Waals surface area contributed by atoms with Crippen molar-refractivity contribution in [1.82, 2.24) is 9.97 Å². The van der Waals surface area contributed by atoms with Crippen molar-refractivity contribution >= 4 is 34.2 Å². The van der Waals surface area contributed by atoms with Crippen LogP contribution in [0.15, 0.2) is 109 Å². The number of para-hydroxylation sites is 1. The van der Waals surface area contributed by atoms with Gasteiger partial charge in [-0.25, -0.2) is 9.78 Å². The van der Waals surface area contributed by atoms with Crippen molar-refractivity contribution in [2.45, 2.75) is 39.3 Å². The third kappa shape index (κ3) is 7.15. The Hall–Kier alpha value is -6.09. The summed E-state index contributed by atoms with van der Waals surface area (Å²) in [5.74, 6) is 1.45. The van der Waals surface area contributed by atoms with Gasteiger partial charge in [-0.2, -0.15) is 0 Å². The second-order valence-electron chi connectivity index (χ2n) is 11.8. The molecular weight excluding hydrogens is 604 g/mol. The molecule has 9 heteroatoms. The lowest BCUT2D eigenvalue weighted by atomic mass is 10.00. The number of carbonyl (C=O) groups excluding carboxylic acids is 1. The molecule has 5 N–H and O–H groups in total. The van der Waals surface area contributed by atoms with E-state index in [2.05, 4.69) is 10.3 Å². The molecule has 2 atom stereocenters. The zero-order valence-electron chi connectivity index (χ0n) is 26.9. The van der Waals surface area contributed by atoms with Crippen molar-refractivity contribution in [2.75, 3.05) is 11.1 Å². The van der Waals surface area contributed by atoms with Crippen molar-refractivity contribution in [2.24, 2.45) is 0 Å². The van der Waals surface area contributed by atoms with Crippen molar-refractivity contribution < 1.29 is 24.2 Å². The lowest BCUT2D eigenvalue weighted by Crippen LogP contribution is -2.32. The minimum absolute atomic E-state index is 0.181. The number of fused-ring (bicyclic) bond motifs is 1. The van der Waals surface area contributed by atoms with Gasteiger partial charge in [0.05, 0.1) is 11.0 Å². The number of carboxylic acids is 1. The molecule has 0 amide bonds. The van der Waals surface area contributed by atoms with Gasteiger partial charge in [0.1, 0.15) is 29.1 Å². The summed E-state index contributed by atoms with van der Waals surface area (Å²) in [6, 6.07) is 31.7. The number of anilines is 2. The SMILES string of the molecule is Cc1cc(Oc2ccc3nc(C(C)Oc4ccc(C[C@H](Nc5ccccc5C(=O)c5ccccc5)C(=O)O)cc4)[nH]c3c2)cc(C)c1N. The molecular formula is C39H36N4O5. The number of hydrogen-bond donors (Lipinski definition) is 4. The minimum atomic E-state index is -1.02. The molecule has 0 saturated heterocycles. The smallest absolute Gasteiger partial charge is 0.326 e. The number of aliphatic carboxylic acids is 1. The second-order valence-corrected chi connectivity index (χ2v) is 11.8. The largest absolute Gasteiger partial charge is 0.483 e. The predicted octanol–water partition coefficient (Wildman–Crippen LogP) is 8.03. The van der Waals surface area contributed by atoms with Gasteiger partial charge in [-0.15, -0.1) is 0 Å². The number of aryl methyl sites for hydroxylation is 2. The number of nitrogen functional groups attached to an aromatic ring is 1. The van der Waals surface area contributed by atoms with E-state index in [1.165, 1.54) is 0 Å². The fourth-order valence-electron chi connectivity index (χ4n) is 5.53. The van der Waals surface area contributed by atoms with Crippen LogP contribution in [-0.2, 0) is 11.2 Å². The van der Waals surface area contributed by atoms with Gasteiger partial charge in [0.2, 0.25) is 0 Å². The van der Waals surface area contributed by atoms with Gasteiger partial charge >= 0.3 is 5.97 Å². The van der Waals surface area contributed by atoms with E-state index in [9.17, 15) is 14.7 Å². The lowest BCUT2D eigenvalue weighted by Gasteiger charge is -2.19. The summed E-state index contributed by atoms with van der Waals surface area (Å²) in [5.41, 5.74) is 12.6. The van der Waals surface area contributed by atoms with Gasteiger partial charge in [0.25, 0.3) is 0 Å². The third-order valence-corrected chi connectivity index (χ3v) is 8.17. The Balaban J connectivity index is 1.11. The third-order valence-electron chi connectivity index (χ3n) is 8.17. The highest BCUT2D eigenvalue weighted by molar-refractivity contribution is 6.12. The van der Waals surface area contributed by atoms with Crippen LogP contribution in [0.5, 0.6) is 17.2 Å². The van der Waals surface area contributed by atoms with E-state index < -0.39 is 12.0 Å². The first-order chi connectivity index (χ1) is 23.1. The lowest BCUT2D eigenvalue weighted by molar-refractivity contribution is -0.137. The number of carbonyl (C=O) groups is 2. The average Bonchev–Trinajstić information content (AvgIpc) is 3.52. The highest BCUT2D eigenvalue weighted by Crippen LogP contribution is 2.30. The summed E-state index contributed by atoms with van der Waals surface area (Å²) < 4.78 is 12.3. The van der Waals surface area contributed by atoms with Crippen LogP contribution in [-0.4, -0.2) is 32.9 Å². The number of nitrogens with two attached hydrogens (primary N) is 1. The van der Waals surface area contributed by atoms with Crippen LogP contribution in [0.3, 0.4) is 0 Å². The van der Waals surface area contributed by atoms with Crippen LogP contribution in [0.4, 0.5) is 11.4 Å². The Morgan fingerprint density at radius 2 is 1.52 bits per heavy atom. The molecule has 0 bridgehead atoms. The number of hydrogen-bond acceptors (Lipinski definition) is 7. The van der Waals surface area contributed by atoms with E-state index in [4.69, 9.17) is 20.2 Å². The first kappa shape index (κ1) is 31.9. The second kappa shape index (κ2) is 13.7. The molecule has 6 aromatic rings. The normalized spacial score (nSPS) is 12.3. The van der Waals surface area contributed by atoms with Crippen molar-refractivity contribution in [1.29, 1.82) is 0 Å². The standard InChI is InChI=1S/C39H36N4O5/c1-23-19-30(20-24(2)36(23)40)48-29-17-18-33-34(22-29)43-38(42-33)25(3)47-28-15-13-26(14-16-28)21-35(39(45)46)41-32-12-8-7-11-31(32)37(44)27-9-5-4-6-10-27/h4-20,22,25,35,41H,21,40H2,1-3H3,(H,42,43)(H,45,46)/t25?,35-/m0/s1. The molecule has 6 rings (SSSR count). The number of ether oxygens (including phenoxy) is 2. The summed E-state index contributed by atoms with van der Waals surface area (Å²) in [6.45, 7) is 5.82. The molecule has 1 heterocycles. The maximum atomic E-state index is 13.2. The van der Waals surface area contributed by atoms with Gasteiger partial charge in [-0.05, 0) is 86.0 Å². The zero-order valence-corrected chi connectivity index (χ0v) is 26.9. The number of nitrogens with one attached hydrogen (secondary N) is 2. The molecule has 0 radical (unpaired) electrons. The van der Waals surface area contributed by atoms with Crippen LogP contribution in [0.25, 0.3) is 11.0 Å². The van der Waals surface area contributed by atoms with Crippen LogP contribution >= 0.6 is 0 Å². The number of rotatable bonds is 12. The van der Waals surface area contributed by atoms with E-state index in [0.29, 0.717) is 39.9 Å². The molecule has 48 heavy (non-hydrogen) atoms. The number of H-pyrrole nitrogens is 1. The number of aromatic nitrogens is 2. The highest BCUT2D eigenvalue weighted by atomic mass is 16.5. The summed E-state index contributed by atoms with van der Waals surface area (Å²) in [7, 11) is 0. The van der Waals surface area contributed by atoms with Crippen molar-refractivity contribution in [3.8, 4) is 17.2 Å². The molecule has 1 unspecified atom stereocenters. The Morgan fingerprint density at radius 1 is 0.854 bits per heavy atom. The fourth-order valence-corrected chi connectivity index (χ4v) is 5.53. The summed E-state index contributed by atoms with van der Waals surface area (Å²) in [6.07, 6.45) is -0.190. The predicted molar refractivity (Wildman–Crippen MR) is 187 cm³/mol. The van der Waals surface area contributed by atoms with Gasteiger partial charge in [0, 0.05) is 35.0 Å². The number of benzene rings is 5. The molecule has 1 aromatic heterocycles. The van der Waals surface area contributed by atoms with Gasteiger partial charge in [-0.1, -0.05) is 54.6 Å². The van der Waals surface area contributed by atoms with Gasteiger partial charge < -0.3 is 30.6 Å². The van der Waals surface area contributed by atoms with E-state index in [0.717, 1.165) is 33.4 Å². The molecule has 0 saturated carbocycles. The number of carboxylic acid groups (broad SMARTS) is 1. The average molecular weight is 641 g/mol. The molecule has 5 aromatic carbocycles. The van der Waals surface area contributed by atoms with Crippen LogP contribution in [0, 0.1) is 13.8 Å². The molecule has 242 valence electrons. The Labute approximate surface area is 278 Å². The quantitative estimate of drug-likeness (QED) is 0.0779. The molecule has 0 spiro atoms. The van der Waals surface area contributed by atoms with Gasteiger partial charge in [0.15, 0.2) is 11.9 Å². The number of nitrogens with zero attached hydrogens (tertiary/aromatic N) is 1. The molecule has 9 nitrogen and oxygen atoms in total. The summed E-state index contributed by atoms with van der Waals surface area (Å²) >= 11 is 0. The molecule has 0 fully saturated rings. The fraction of sp³-hybridized carbons (Fsp3) is 0.154. The number of ketones is 1. The number of aromatic amines is 1. The zero-order chi connectivity index (χ0) is 33.8. The first-order valence-electron chi connectivity index (χ1n) is 15.6.